The highest BCUT2D eigenvalue weighted by Gasteiger charge is 2.08. The summed E-state index contributed by atoms with van der Waals surface area (Å²) in [5, 5.41) is 1.79. The van der Waals surface area contributed by atoms with E-state index in [4.69, 9.17) is 4.74 Å². The predicted octanol–water partition coefficient (Wildman–Crippen LogP) is 3.14. The Balaban J connectivity index is 1.53. The fourth-order valence-electron chi connectivity index (χ4n) is 1.85. The average molecular weight is 318 g/mol. The fraction of sp³-hybridized carbons (Fsp3) is 0.250. The number of hydrogen-bond donors (Lipinski definition) is 2. The summed E-state index contributed by atoms with van der Waals surface area (Å²) in [6.07, 6.45) is 2.03. The molecule has 22 heavy (non-hydrogen) atoms. The molecule has 0 atom stereocenters. The van der Waals surface area contributed by atoms with Gasteiger partial charge in [0.05, 0.1) is 11.5 Å². The number of carbonyl (C=O) groups excluding carboxylic acids is 2. The van der Waals surface area contributed by atoms with Gasteiger partial charge >= 0.3 is 6.09 Å². The van der Waals surface area contributed by atoms with Gasteiger partial charge in [-0.3, -0.25) is 10.2 Å². The molecule has 0 spiro atoms. The second-order valence-corrected chi connectivity index (χ2v) is 5.58. The van der Waals surface area contributed by atoms with Gasteiger partial charge in [0.25, 0.3) is 5.91 Å². The number of hydrogen-bond acceptors (Lipinski definition) is 4. The molecule has 0 unspecified atom stereocenters. The zero-order chi connectivity index (χ0) is 15.6. The molecule has 6 heteroatoms. The number of unbranched alkanes of at least 4 members (excludes halogenated alkanes) is 1. The summed E-state index contributed by atoms with van der Waals surface area (Å²) in [4.78, 5) is 23.5. The number of nitrogens with one attached hydrogen (secondary N) is 2. The third-order valence-corrected chi connectivity index (χ3v) is 3.83. The summed E-state index contributed by atoms with van der Waals surface area (Å²) in [5.41, 5.74) is 5.80. The molecule has 1 aromatic carbocycles. The van der Waals surface area contributed by atoms with Crippen molar-refractivity contribution in [2.75, 3.05) is 6.61 Å². The third kappa shape index (κ3) is 5.57. The van der Waals surface area contributed by atoms with Gasteiger partial charge in [0.2, 0.25) is 0 Å². The topological polar surface area (TPSA) is 67.4 Å². The van der Waals surface area contributed by atoms with E-state index in [1.54, 1.807) is 17.5 Å². The molecule has 1 heterocycles. The van der Waals surface area contributed by atoms with Gasteiger partial charge in [-0.2, -0.15) is 0 Å². The molecule has 0 aliphatic heterocycles. The Bertz CT molecular complexity index is 585. The van der Waals surface area contributed by atoms with Crippen LogP contribution in [0.15, 0.2) is 47.8 Å². The Morgan fingerprint density at radius 2 is 1.82 bits per heavy atom. The van der Waals surface area contributed by atoms with Gasteiger partial charge < -0.3 is 4.74 Å². The van der Waals surface area contributed by atoms with Crippen LogP contribution in [0, 0.1) is 0 Å². The summed E-state index contributed by atoms with van der Waals surface area (Å²) in [6.45, 7) is 0.327. The normalized spacial score (nSPS) is 10.0. The lowest BCUT2D eigenvalue weighted by Crippen LogP contribution is -2.41. The van der Waals surface area contributed by atoms with E-state index in [2.05, 4.69) is 23.0 Å². The number of benzene rings is 1. The number of rotatable bonds is 6. The first-order chi connectivity index (χ1) is 10.8. The highest BCUT2D eigenvalue weighted by Crippen LogP contribution is 2.07. The van der Waals surface area contributed by atoms with Gasteiger partial charge in [-0.1, -0.05) is 36.4 Å². The maximum atomic E-state index is 11.6. The number of carbonyl (C=O) groups is 2. The van der Waals surface area contributed by atoms with E-state index in [1.165, 1.54) is 16.9 Å². The maximum Gasteiger partial charge on any atom is 0.426 e. The molecule has 0 bridgehead atoms. The summed E-state index contributed by atoms with van der Waals surface area (Å²) in [6, 6.07) is 13.6. The van der Waals surface area contributed by atoms with Crippen LogP contribution in [0.4, 0.5) is 4.79 Å². The monoisotopic (exact) mass is 318 g/mol. The Morgan fingerprint density at radius 1 is 1.00 bits per heavy atom. The molecule has 0 aliphatic rings. The molecule has 0 aliphatic carbocycles. The van der Waals surface area contributed by atoms with Crippen LogP contribution in [-0.4, -0.2) is 18.6 Å². The minimum atomic E-state index is -0.649. The quantitative estimate of drug-likeness (QED) is 0.635. The van der Waals surface area contributed by atoms with Crippen molar-refractivity contribution in [1.82, 2.24) is 10.9 Å². The first-order valence-electron chi connectivity index (χ1n) is 7.06. The van der Waals surface area contributed by atoms with Crippen LogP contribution in [0.2, 0.25) is 0 Å². The molecule has 1 aromatic heterocycles. The second-order valence-electron chi connectivity index (χ2n) is 4.64. The summed E-state index contributed by atoms with van der Waals surface area (Å²) in [7, 11) is 0. The lowest BCUT2D eigenvalue weighted by molar-refractivity contribution is 0.0912. The smallest absolute Gasteiger partial charge is 0.426 e. The third-order valence-electron chi connectivity index (χ3n) is 2.96. The molecule has 0 fully saturated rings. The molecular formula is C16H18N2O3S. The van der Waals surface area contributed by atoms with Crippen LogP contribution < -0.4 is 10.9 Å². The van der Waals surface area contributed by atoms with E-state index in [1.807, 2.05) is 18.2 Å². The Morgan fingerprint density at radius 3 is 2.55 bits per heavy atom. The van der Waals surface area contributed by atoms with Crippen molar-refractivity contribution >= 4 is 23.3 Å². The van der Waals surface area contributed by atoms with Gasteiger partial charge in [0.1, 0.15) is 0 Å². The van der Waals surface area contributed by atoms with Crippen molar-refractivity contribution in [2.45, 2.75) is 19.3 Å². The molecule has 0 saturated heterocycles. The minimum absolute atomic E-state index is 0.327. The molecule has 0 radical (unpaired) electrons. The first-order valence-corrected chi connectivity index (χ1v) is 7.94. The van der Waals surface area contributed by atoms with Gasteiger partial charge in [-0.25, -0.2) is 10.2 Å². The van der Waals surface area contributed by atoms with Crippen LogP contribution >= 0.6 is 11.3 Å². The van der Waals surface area contributed by atoms with Crippen molar-refractivity contribution < 1.29 is 14.3 Å². The van der Waals surface area contributed by atoms with Crippen LogP contribution in [0.1, 0.15) is 28.1 Å². The van der Waals surface area contributed by atoms with Gasteiger partial charge in [-0.15, -0.1) is 11.3 Å². The first kappa shape index (κ1) is 16.0. The number of ether oxygens (including phenoxy) is 1. The highest BCUT2D eigenvalue weighted by atomic mass is 32.1. The van der Waals surface area contributed by atoms with Crippen molar-refractivity contribution in [3.05, 3.63) is 58.3 Å². The van der Waals surface area contributed by atoms with E-state index in [0.29, 0.717) is 11.5 Å². The van der Waals surface area contributed by atoms with Crippen molar-refractivity contribution in [3.63, 3.8) is 0 Å². The average Bonchev–Trinajstić information content (AvgIpc) is 3.08. The molecule has 2 amide bonds. The second kappa shape index (κ2) is 8.84. The van der Waals surface area contributed by atoms with Gasteiger partial charge in [0.15, 0.2) is 0 Å². The summed E-state index contributed by atoms with van der Waals surface area (Å²) >= 11 is 1.30. The van der Waals surface area contributed by atoms with Crippen LogP contribution in [0.5, 0.6) is 0 Å². The lowest BCUT2D eigenvalue weighted by atomic mass is 10.1. The van der Waals surface area contributed by atoms with Crippen LogP contribution in [0.3, 0.4) is 0 Å². The molecule has 116 valence electrons. The highest BCUT2D eigenvalue weighted by molar-refractivity contribution is 7.12. The number of thiophene rings is 1. The maximum absolute atomic E-state index is 11.6. The number of hydrazine groups is 1. The Labute approximate surface area is 133 Å². The van der Waals surface area contributed by atoms with Crippen molar-refractivity contribution in [3.8, 4) is 0 Å². The molecule has 2 aromatic rings. The van der Waals surface area contributed by atoms with E-state index in [-0.39, 0.29) is 5.91 Å². The van der Waals surface area contributed by atoms with Crippen molar-refractivity contribution in [2.24, 2.45) is 0 Å². The molecule has 2 N–H and O–H groups in total. The molecule has 0 saturated carbocycles. The van der Waals surface area contributed by atoms with E-state index in [9.17, 15) is 9.59 Å². The largest absolute Gasteiger partial charge is 0.448 e. The molecular weight excluding hydrogens is 300 g/mol. The summed E-state index contributed by atoms with van der Waals surface area (Å²) in [5.74, 6) is -0.351. The molecule has 5 nitrogen and oxygen atoms in total. The van der Waals surface area contributed by atoms with E-state index >= 15 is 0 Å². The van der Waals surface area contributed by atoms with Gasteiger partial charge in [-0.05, 0) is 36.3 Å². The molecule has 2 rings (SSSR count). The number of amides is 2. The lowest BCUT2D eigenvalue weighted by Gasteiger charge is -2.07. The van der Waals surface area contributed by atoms with Crippen molar-refractivity contribution in [1.29, 1.82) is 0 Å². The van der Waals surface area contributed by atoms with Gasteiger partial charge in [0, 0.05) is 0 Å². The zero-order valence-corrected chi connectivity index (χ0v) is 12.9. The van der Waals surface area contributed by atoms with E-state index < -0.39 is 6.09 Å². The standard InChI is InChI=1S/C16H18N2O3S/c19-15(14-10-6-12-22-14)17-18-16(20)21-11-5-4-9-13-7-2-1-3-8-13/h1-3,6-8,10,12H,4-5,9,11H2,(H,17,19)(H,18,20). The zero-order valence-electron chi connectivity index (χ0n) is 12.1. The van der Waals surface area contributed by atoms with E-state index in [0.717, 1.165) is 19.3 Å². The van der Waals surface area contributed by atoms with Crippen LogP contribution in [-0.2, 0) is 11.2 Å². The Kier molecular flexibility index (Phi) is 6.44. The Hall–Kier alpha value is -2.34. The number of aryl methyl sites for hydroxylation is 1. The van der Waals surface area contributed by atoms with Crippen LogP contribution in [0.25, 0.3) is 0 Å². The fourth-order valence-corrected chi connectivity index (χ4v) is 2.47. The summed E-state index contributed by atoms with van der Waals surface area (Å²) < 4.78 is 4.99. The minimum Gasteiger partial charge on any atom is -0.448 e. The SMILES string of the molecule is O=C(NNC(=O)c1cccs1)OCCCCc1ccccc1. The predicted molar refractivity (Wildman–Crippen MR) is 85.6 cm³/mol.